The van der Waals surface area contributed by atoms with Gasteiger partial charge in [-0.25, -0.2) is 0 Å². The van der Waals surface area contributed by atoms with Crippen molar-refractivity contribution >= 4 is 5.91 Å². The van der Waals surface area contributed by atoms with Crippen LogP contribution in [0.1, 0.15) is 33.6 Å². The van der Waals surface area contributed by atoms with Crippen LogP contribution in [0.4, 0.5) is 0 Å². The fraction of sp³-hybridized carbons (Fsp3) is 0.889. The van der Waals surface area contributed by atoms with E-state index in [2.05, 4.69) is 26.1 Å². The molecule has 1 rings (SSSR count). The van der Waals surface area contributed by atoms with E-state index in [1.165, 1.54) is 0 Å². The summed E-state index contributed by atoms with van der Waals surface area (Å²) in [6, 6.07) is 0. The van der Waals surface area contributed by atoms with Crippen molar-refractivity contribution in [2.45, 2.75) is 33.6 Å². The zero-order valence-corrected chi connectivity index (χ0v) is 7.61. The second-order valence-corrected chi connectivity index (χ2v) is 4.05. The summed E-state index contributed by atoms with van der Waals surface area (Å²) in [7, 11) is 0. The molecule has 0 aliphatic carbocycles. The van der Waals surface area contributed by atoms with Gasteiger partial charge in [-0.1, -0.05) is 27.2 Å². The smallest absolute Gasteiger partial charge is 0.220 e. The van der Waals surface area contributed by atoms with Crippen molar-refractivity contribution in [1.82, 2.24) is 5.32 Å². The Bertz CT molecular complexity index is 163. The highest BCUT2D eigenvalue weighted by atomic mass is 16.1. The molecule has 64 valence electrons. The van der Waals surface area contributed by atoms with Crippen LogP contribution in [0.2, 0.25) is 0 Å². The second kappa shape index (κ2) is 2.84. The molecule has 1 N–H and O–H groups in total. The van der Waals surface area contributed by atoms with Gasteiger partial charge in [0.05, 0.1) is 0 Å². The van der Waals surface area contributed by atoms with Crippen molar-refractivity contribution in [3.63, 3.8) is 0 Å². The van der Waals surface area contributed by atoms with Crippen molar-refractivity contribution in [2.24, 2.45) is 11.3 Å². The lowest BCUT2D eigenvalue weighted by molar-refractivity contribution is -0.119. The lowest BCUT2D eigenvalue weighted by Gasteiger charge is -2.28. The predicted molar refractivity (Wildman–Crippen MR) is 45.2 cm³/mol. The maximum absolute atomic E-state index is 10.9. The molecule has 1 aliphatic heterocycles. The molecular formula is C9H17NO. The van der Waals surface area contributed by atoms with E-state index in [1.807, 2.05) is 0 Å². The number of carbonyl (C=O) groups excluding carboxylic acids is 1. The zero-order valence-electron chi connectivity index (χ0n) is 7.61. The quantitative estimate of drug-likeness (QED) is 0.644. The van der Waals surface area contributed by atoms with Crippen molar-refractivity contribution < 1.29 is 4.79 Å². The second-order valence-electron chi connectivity index (χ2n) is 4.05. The van der Waals surface area contributed by atoms with Gasteiger partial charge in [0.25, 0.3) is 0 Å². The van der Waals surface area contributed by atoms with Gasteiger partial charge < -0.3 is 5.32 Å². The van der Waals surface area contributed by atoms with Gasteiger partial charge in [-0.3, -0.25) is 4.79 Å². The maximum Gasteiger partial charge on any atom is 0.220 e. The summed E-state index contributed by atoms with van der Waals surface area (Å²) in [4.78, 5) is 10.9. The van der Waals surface area contributed by atoms with Crippen LogP contribution in [-0.2, 0) is 4.79 Å². The van der Waals surface area contributed by atoms with Gasteiger partial charge in [0.1, 0.15) is 0 Å². The Morgan fingerprint density at radius 3 is 2.64 bits per heavy atom. The zero-order chi connectivity index (χ0) is 8.48. The lowest BCUT2D eigenvalue weighted by atomic mass is 9.76. The number of hydrogen-bond donors (Lipinski definition) is 1. The van der Waals surface area contributed by atoms with Gasteiger partial charge >= 0.3 is 0 Å². The van der Waals surface area contributed by atoms with Gasteiger partial charge in [-0.2, -0.15) is 0 Å². The van der Waals surface area contributed by atoms with Crippen LogP contribution in [0.3, 0.4) is 0 Å². The SMILES string of the molecule is CCC(C)(C)C1CNC(=O)C1. The molecule has 0 aromatic heterocycles. The summed E-state index contributed by atoms with van der Waals surface area (Å²) in [6.45, 7) is 7.53. The molecule has 2 nitrogen and oxygen atoms in total. The van der Waals surface area contributed by atoms with Crippen molar-refractivity contribution in [3.8, 4) is 0 Å². The summed E-state index contributed by atoms with van der Waals surface area (Å²) < 4.78 is 0. The molecule has 1 saturated heterocycles. The Kier molecular flexibility index (Phi) is 2.21. The Morgan fingerprint density at radius 1 is 1.64 bits per heavy atom. The van der Waals surface area contributed by atoms with E-state index >= 15 is 0 Å². The summed E-state index contributed by atoms with van der Waals surface area (Å²) in [5, 5.41) is 2.87. The van der Waals surface area contributed by atoms with Gasteiger partial charge in [-0.05, 0) is 11.3 Å². The molecule has 1 fully saturated rings. The standard InChI is InChI=1S/C9H17NO/c1-4-9(2,3)7-5-8(11)10-6-7/h7H,4-6H2,1-3H3,(H,10,11). The average Bonchev–Trinajstić information content (AvgIpc) is 2.36. The molecule has 2 heteroatoms. The summed E-state index contributed by atoms with van der Waals surface area (Å²) in [5.41, 5.74) is 0.319. The van der Waals surface area contributed by atoms with E-state index in [-0.39, 0.29) is 5.91 Å². The van der Waals surface area contributed by atoms with E-state index in [0.29, 0.717) is 11.3 Å². The summed E-state index contributed by atoms with van der Waals surface area (Å²) in [6.07, 6.45) is 1.87. The number of amides is 1. The first-order valence-electron chi connectivity index (χ1n) is 4.33. The van der Waals surface area contributed by atoms with Crippen LogP contribution in [0, 0.1) is 11.3 Å². The minimum Gasteiger partial charge on any atom is -0.356 e. The van der Waals surface area contributed by atoms with Crippen LogP contribution in [-0.4, -0.2) is 12.5 Å². The van der Waals surface area contributed by atoms with Gasteiger partial charge in [0.2, 0.25) is 5.91 Å². The third-order valence-electron chi connectivity index (χ3n) is 2.99. The largest absolute Gasteiger partial charge is 0.356 e. The average molecular weight is 155 g/mol. The maximum atomic E-state index is 10.9. The molecule has 0 bridgehead atoms. The molecule has 1 atom stereocenters. The molecule has 0 aromatic rings. The molecule has 11 heavy (non-hydrogen) atoms. The van der Waals surface area contributed by atoms with Gasteiger partial charge in [0.15, 0.2) is 0 Å². The van der Waals surface area contributed by atoms with Crippen molar-refractivity contribution in [2.75, 3.05) is 6.54 Å². The summed E-state index contributed by atoms with van der Waals surface area (Å²) >= 11 is 0. The van der Waals surface area contributed by atoms with E-state index in [4.69, 9.17) is 0 Å². The first kappa shape index (κ1) is 8.57. The van der Waals surface area contributed by atoms with Crippen LogP contribution in [0.25, 0.3) is 0 Å². The molecule has 1 amide bonds. The first-order valence-corrected chi connectivity index (χ1v) is 4.33. The Hall–Kier alpha value is -0.530. The molecule has 1 heterocycles. The Morgan fingerprint density at radius 2 is 2.27 bits per heavy atom. The summed E-state index contributed by atoms with van der Waals surface area (Å²) in [5.74, 6) is 0.761. The normalized spacial score (nSPS) is 25.4. The molecular weight excluding hydrogens is 138 g/mol. The van der Waals surface area contributed by atoms with E-state index < -0.39 is 0 Å². The van der Waals surface area contributed by atoms with Crippen molar-refractivity contribution in [3.05, 3.63) is 0 Å². The Balaban J connectivity index is 2.55. The number of carbonyl (C=O) groups is 1. The highest BCUT2D eigenvalue weighted by Crippen LogP contribution is 2.34. The van der Waals surface area contributed by atoms with Gasteiger partial charge in [-0.15, -0.1) is 0 Å². The minimum atomic E-state index is 0.219. The highest BCUT2D eigenvalue weighted by Gasteiger charge is 2.33. The van der Waals surface area contributed by atoms with Gasteiger partial charge in [0, 0.05) is 13.0 Å². The predicted octanol–water partition coefficient (Wildman–Crippen LogP) is 1.56. The topological polar surface area (TPSA) is 29.1 Å². The fourth-order valence-electron chi connectivity index (χ4n) is 1.45. The van der Waals surface area contributed by atoms with Crippen LogP contribution < -0.4 is 5.32 Å². The third-order valence-corrected chi connectivity index (χ3v) is 2.99. The lowest BCUT2D eigenvalue weighted by Crippen LogP contribution is -2.25. The highest BCUT2D eigenvalue weighted by molar-refractivity contribution is 5.78. The molecule has 0 saturated carbocycles. The first-order chi connectivity index (χ1) is 5.06. The molecule has 0 radical (unpaired) electrons. The Labute approximate surface area is 68.4 Å². The van der Waals surface area contributed by atoms with Crippen LogP contribution in [0.15, 0.2) is 0 Å². The molecule has 0 spiro atoms. The molecule has 1 unspecified atom stereocenters. The molecule has 1 aliphatic rings. The number of hydrogen-bond acceptors (Lipinski definition) is 1. The monoisotopic (exact) mass is 155 g/mol. The van der Waals surface area contributed by atoms with Crippen LogP contribution in [0.5, 0.6) is 0 Å². The number of nitrogens with one attached hydrogen (secondary N) is 1. The minimum absolute atomic E-state index is 0.219. The van der Waals surface area contributed by atoms with E-state index in [1.54, 1.807) is 0 Å². The number of rotatable bonds is 2. The molecule has 0 aromatic carbocycles. The third kappa shape index (κ3) is 1.73. The van der Waals surface area contributed by atoms with Crippen LogP contribution >= 0.6 is 0 Å². The fourth-order valence-corrected chi connectivity index (χ4v) is 1.45. The van der Waals surface area contributed by atoms with E-state index in [9.17, 15) is 4.79 Å². The van der Waals surface area contributed by atoms with E-state index in [0.717, 1.165) is 19.4 Å². The van der Waals surface area contributed by atoms with Crippen molar-refractivity contribution in [1.29, 1.82) is 0 Å².